The molecule has 0 aromatic heterocycles. The molecule has 0 bridgehead atoms. The summed E-state index contributed by atoms with van der Waals surface area (Å²) in [6, 6.07) is 12.0. The number of hydrogen-bond acceptors (Lipinski definition) is 6. The molecule has 9 heteroatoms. The highest BCUT2D eigenvalue weighted by Crippen LogP contribution is 2.28. The first-order valence-electron chi connectivity index (χ1n) is 9.41. The number of morpholine rings is 1. The van der Waals surface area contributed by atoms with Gasteiger partial charge in [-0.15, -0.1) is 0 Å². The molecule has 0 aliphatic carbocycles. The number of nitro groups is 1. The molecule has 2 aromatic rings. The average Bonchev–Trinajstić information content (AvgIpc) is 2.69. The van der Waals surface area contributed by atoms with Crippen molar-refractivity contribution in [1.82, 2.24) is 9.62 Å². The Morgan fingerprint density at radius 3 is 2.41 bits per heavy atom. The predicted octanol–water partition coefficient (Wildman–Crippen LogP) is 2.56. The summed E-state index contributed by atoms with van der Waals surface area (Å²) in [6.07, 6.45) is 0. The van der Waals surface area contributed by atoms with Gasteiger partial charge in [0.1, 0.15) is 0 Å². The minimum Gasteiger partial charge on any atom is -0.379 e. The number of benzene rings is 2. The molecule has 3 rings (SSSR count). The molecule has 8 nitrogen and oxygen atoms in total. The zero-order valence-corrected chi connectivity index (χ0v) is 17.3. The van der Waals surface area contributed by atoms with Gasteiger partial charge in [0.15, 0.2) is 4.90 Å². The van der Waals surface area contributed by atoms with E-state index in [1.165, 1.54) is 12.1 Å². The van der Waals surface area contributed by atoms with Gasteiger partial charge in [-0.1, -0.05) is 42.0 Å². The topological polar surface area (TPSA) is 102 Å². The van der Waals surface area contributed by atoms with E-state index in [0.29, 0.717) is 31.9 Å². The lowest BCUT2D eigenvalue weighted by atomic mass is 10.0. The normalized spacial score (nSPS) is 16.5. The monoisotopic (exact) mass is 419 g/mol. The molecule has 0 radical (unpaired) electrons. The summed E-state index contributed by atoms with van der Waals surface area (Å²) < 4.78 is 34.0. The van der Waals surface area contributed by atoms with E-state index in [0.717, 1.165) is 11.1 Å². The van der Waals surface area contributed by atoms with E-state index >= 15 is 0 Å². The zero-order chi connectivity index (χ0) is 21.0. The fourth-order valence-electron chi connectivity index (χ4n) is 3.53. The maximum absolute atomic E-state index is 13.0. The Hall–Kier alpha value is -2.33. The molecule has 1 aliphatic heterocycles. The van der Waals surface area contributed by atoms with Gasteiger partial charge in [-0.25, -0.2) is 13.1 Å². The lowest BCUT2D eigenvalue weighted by Gasteiger charge is -2.35. The van der Waals surface area contributed by atoms with Gasteiger partial charge >= 0.3 is 0 Å². The summed E-state index contributed by atoms with van der Waals surface area (Å²) in [5, 5.41) is 11.4. The van der Waals surface area contributed by atoms with Crippen LogP contribution in [0, 0.1) is 24.0 Å². The van der Waals surface area contributed by atoms with Gasteiger partial charge in [0, 0.05) is 31.7 Å². The third kappa shape index (κ3) is 4.99. The first kappa shape index (κ1) is 21.4. The van der Waals surface area contributed by atoms with Crippen LogP contribution in [0.1, 0.15) is 22.7 Å². The largest absolute Gasteiger partial charge is 0.379 e. The van der Waals surface area contributed by atoms with Gasteiger partial charge < -0.3 is 4.74 Å². The van der Waals surface area contributed by atoms with Gasteiger partial charge in [-0.3, -0.25) is 15.0 Å². The summed E-state index contributed by atoms with van der Waals surface area (Å²) in [6.45, 7) is 6.19. The van der Waals surface area contributed by atoms with Gasteiger partial charge in [0.2, 0.25) is 10.0 Å². The lowest BCUT2D eigenvalue weighted by molar-refractivity contribution is -0.387. The van der Waals surface area contributed by atoms with Crippen molar-refractivity contribution in [2.24, 2.45) is 0 Å². The van der Waals surface area contributed by atoms with E-state index in [4.69, 9.17) is 4.74 Å². The first-order chi connectivity index (χ1) is 13.8. The van der Waals surface area contributed by atoms with E-state index in [2.05, 4.69) is 9.62 Å². The first-order valence-corrected chi connectivity index (χ1v) is 10.9. The smallest absolute Gasteiger partial charge is 0.289 e. The van der Waals surface area contributed by atoms with Crippen LogP contribution < -0.4 is 4.72 Å². The van der Waals surface area contributed by atoms with Crippen LogP contribution in [0.25, 0.3) is 0 Å². The van der Waals surface area contributed by atoms with E-state index in [1.54, 1.807) is 13.0 Å². The molecule has 1 atom stereocenters. The highest BCUT2D eigenvalue weighted by Gasteiger charge is 2.30. The second-order valence-corrected chi connectivity index (χ2v) is 8.81. The molecule has 1 unspecified atom stereocenters. The van der Waals surface area contributed by atoms with Crippen molar-refractivity contribution in [1.29, 1.82) is 0 Å². The predicted molar refractivity (Wildman–Crippen MR) is 109 cm³/mol. The van der Waals surface area contributed by atoms with Crippen LogP contribution in [0.5, 0.6) is 0 Å². The van der Waals surface area contributed by atoms with Crippen molar-refractivity contribution in [2.75, 3.05) is 32.8 Å². The third-order valence-corrected chi connectivity index (χ3v) is 6.69. The van der Waals surface area contributed by atoms with Gasteiger partial charge in [0.25, 0.3) is 5.69 Å². The Bertz CT molecular complexity index is 970. The number of rotatable bonds is 7. The number of ether oxygens (including phenoxy) is 1. The maximum Gasteiger partial charge on any atom is 0.289 e. The SMILES string of the molecule is Cc1ccc(C(CNS(=O)(=O)c2c(C)cccc2[N+](=O)[O-])N2CCOCC2)cc1. The number of nitrogens with one attached hydrogen (secondary N) is 1. The second-order valence-electron chi connectivity index (χ2n) is 7.11. The highest BCUT2D eigenvalue weighted by atomic mass is 32.2. The van der Waals surface area contributed by atoms with Crippen molar-refractivity contribution < 1.29 is 18.1 Å². The second kappa shape index (κ2) is 9.00. The fraction of sp³-hybridized carbons (Fsp3) is 0.400. The quantitative estimate of drug-likeness (QED) is 0.547. The Labute approximate surface area is 170 Å². The van der Waals surface area contributed by atoms with E-state index in [1.807, 2.05) is 31.2 Å². The molecule has 0 amide bonds. The summed E-state index contributed by atoms with van der Waals surface area (Å²) in [5.74, 6) is 0. The van der Waals surface area contributed by atoms with Crippen molar-refractivity contribution in [3.63, 3.8) is 0 Å². The molecule has 156 valence electrons. The van der Waals surface area contributed by atoms with Crippen LogP contribution >= 0.6 is 0 Å². The van der Waals surface area contributed by atoms with E-state index in [-0.39, 0.29) is 17.5 Å². The van der Waals surface area contributed by atoms with Crippen molar-refractivity contribution in [2.45, 2.75) is 24.8 Å². The Morgan fingerprint density at radius 1 is 1.14 bits per heavy atom. The highest BCUT2D eigenvalue weighted by molar-refractivity contribution is 7.89. The van der Waals surface area contributed by atoms with Crippen molar-refractivity contribution in [3.8, 4) is 0 Å². The van der Waals surface area contributed by atoms with E-state index < -0.39 is 20.6 Å². The van der Waals surface area contributed by atoms with Crippen LogP contribution in [0.2, 0.25) is 0 Å². The Balaban J connectivity index is 1.89. The molecule has 0 spiro atoms. The lowest BCUT2D eigenvalue weighted by Crippen LogP contribution is -2.43. The van der Waals surface area contributed by atoms with Crippen LogP contribution in [0.3, 0.4) is 0 Å². The number of aryl methyl sites for hydroxylation is 2. The van der Waals surface area contributed by atoms with Crippen molar-refractivity contribution >= 4 is 15.7 Å². The third-order valence-electron chi connectivity index (χ3n) is 5.07. The maximum atomic E-state index is 13.0. The number of nitrogens with zero attached hydrogens (tertiary/aromatic N) is 2. The molecular weight excluding hydrogens is 394 g/mol. The molecule has 1 N–H and O–H groups in total. The van der Waals surface area contributed by atoms with Gasteiger partial charge in [-0.05, 0) is 25.0 Å². The number of nitro benzene ring substituents is 1. The molecule has 29 heavy (non-hydrogen) atoms. The summed E-state index contributed by atoms with van der Waals surface area (Å²) in [4.78, 5) is 12.6. The van der Waals surface area contributed by atoms with Gasteiger partial charge in [-0.2, -0.15) is 0 Å². The van der Waals surface area contributed by atoms with Crippen molar-refractivity contribution in [3.05, 3.63) is 69.3 Å². The summed E-state index contributed by atoms with van der Waals surface area (Å²) in [5.41, 5.74) is 2.02. The van der Waals surface area contributed by atoms with Crippen LogP contribution in [0.4, 0.5) is 5.69 Å². The molecule has 1 heterocycles. The van der Waals surface area contributed by atoms with Crippen LogP contribution in [0.15, 0.2) is 47.4 Å². The van der Waals surface area contributed by atoms with Crippen LogP contribution in [-0.2, 0) is 14.8 Å². The molecule has 1 fully saturated rings. The standard InChI is InChI=1S/C20H25N3O5S/c1-15-6-8-17(9-7-15)19(22-10-12-28-13-11-22)14-21-29(26,27)20-16(2)4-3-5-18(20)23(24)25/h3-9,19,21H,10-14H2,1-2H3. The minimum absolute atomic E-state index is 0.108. The van der Waals surface area contributed by atoms with Gasteiger partial charge in [0.05, 0.1) is 18.1 Å². The van der Waals surface area contributed by atoms with Crippen LogP contribution in [-0.4, -0.2) is 51.1 Å². The summed E-state index contributed by atoms with van der Waals surface area (Å²) >= 11 is 0. The molecule has 2 aromatic carbocycles. The van der Waals surface area contributed by atoms with E-state index in [9.17, 15) is 18.5 Å². The molecule has 1 aliphatic rings. The molecule has 0 saturated carbocycles. The summed E-state index contributed by atoms with van der Waals surface area (Å²) in [7, 11) is -4.07. The average molecular weight is 420 g/mol. The number of hydrogen-bond donors (Lipinski definition) is 1. The zero-order valence-electron chi connectivity index (χ0n) is 16.5. The minimum atomic E-state index is -4.07. The molecular formula is C20H25N3O5S. The fourth-order valence-corrected chi connectivity index (χ4v) is 4.96. The Morgan fingerprint density at radius 2 is 1.79 bits per heavy atom. The number of sulfonamides is 1. The molecule has 1 saturated heterocycles. The Kier molecular flexibility index (Phi) is 6.63.